The molecule has 0 bridgehead atoms. The van der Waals surface area contributed by atoms with E-state index in [-0.39, 0.29) is 18.4 Å². The average Bonchev–Trinajstić information content (AvgIpc) is 3.25. The third-order valence-corrected chi connectivity index (χ3v) is 4.18. The Hall–Kier alpha value is -2.44. The van der Waals surface area contributed by atoms with E-state index in [1.165, 1.54) is 0 Å². The van der Waals surface area contributed by atoms with Gasteiger partial charge in [0.1, 0.15) is 17.9 Å². The molecular formula is C15H18N4O3. The van der Waals surface area contributed by atoms with Crippen molar-refractivity contribution in [2.45, 2.75) is 32.2 Å². The maximum Gasteiger partial charge on any atom is 0.325 e. The molecule has 2 heterocycles. The minimum Gasteiger partial charge on any atom is -0.323 e. The second-order valence-corrected chi connectivity index (χ2v) is 6.06. The van der Waals surface area contributed by atoms with Crippen LogP contribution in [-0.2, 0) is 9.59 Å². The van der Waals surface area contributed by atoms with Crippen LogP contribution in [0, 0.1) is 12.8 Å². The van der Waals surface area contributed by atoms with Gasteiger partial charge in [-0.2, -0.15) is 0 Å². The standard InChI is InChI=1S/C15H18N4O3/c1-9-5-6-16-11(7-9)17-12(20)8-19-13(21)15(2,10-3-4-10)18-14(19)22/h5-7,10H,3-4,8H2,1-2H3,(H,18,22)(H,16,17,20). The van der Waals surface area contributed by atoms with Crippen molar-refractivity contribution in [3.8, 4) is 0 Å². The van der Waals surface area contributed by atoms with E-state index in [2.05, 4.69) is 15.6 Å². The molecule has 2 N–H and O–H groups in total. The topological polar surface area (TPSA) is 91.4 Å². The largest absolute Gasteiger partial charge is 0.325 e. The van der Waals surface area contributed by atoms with Crippen molar-refractivity contribution in [2.75, 3.05) is 11.9 Å². The number of nitrogens with one attached hydrogen (secondary N) is 2. The van der Waals surface area contributed by atoms with E-state index in [1.807, 2.05) is 13.0 Å². The van der Waals surface area contributed by atoms with Crippen LogP contribution < -0.4 is 10.6 Å². The van der Waals surface area contributed by atoms with Crippen molar-refractivity contribution in [2.24, 2.45) is 5.92 Å². The summed E-state index contributed by atoms with van der Waals surface area (Å²) in [6.45, 7) is 3.31. The fraction of sp³-hybridized carbons (Fsp3) is 0.467. The zero-order valence-electron chi connectivity index (χ0n) is 12.5. The number of hydrogen-bond acceptors (Lipinski definition) is 4. The highest BCUT2D eigenvalue weighted by Crippen LogP contribution is 2.42. The second-order valence-electron chi connectivity index (χ2n) is 6.06. The van der Waals surface area contributed by atoms with Gasteiger partial charge in [-0.05, 0) is 50.3 Å². The first-order valence-electron chi connectivity index (χ1n) is 7.27. The van der Waals surface area contributed by atoms with Gasteiger partial charge in [0, 0.05) is 6.20 Å². The van der Waals surface area contributed by atoms with Crippen LogP contribution in [0.3, 0.4) is 0 Å². The maximum absolute atomic E-state index is 12.4. The van der Waals surface area contributed by atoms with Gasteiger partial charge >= 0.3 is 6.03 Å². The summed E-state index contributed by atoms with van der Waals surface area (Å²) >= 11 is 0. The van der Waals surface area contributed by atoms with Gasteiger partial charge < -0.3 is 10.6 Å². The molecule has 0 spiro atoms. The molecule has 1 saturated heterocycles. The molecule has 1 atom stereocenters. The van der Waals surface area contributed by atoms with Crippen molar-refractivity contribution in [3.63, 3.8) is 0 Å². The number of carbonyl (C=O) groups is 3. The molecule has 7 heteroatoms. The molecular weight excluding hydrogens is 284 g/mol. The zero-order valence-corrected chi connectivity index (χ0v) is 12.5. The summed E-state index contributed by atoms with van der Waals surface area (Å²) in [4.78, 5) is 41.4. The Balaban J connectivity index is 1.66. The molecule has 2 aliphatic rings. The molecule has 1 aromatic rings. The van der Waals surface area contributed by atoms with Gasteiger partial charge in [0.25, 0.3) is 5.91 Å². The van der Waals surface area contributed by atoms with Gasteiger partial charge in [-0.1, -0.05) is 0 Å². The van der Waals surface area contributed by atoms with Gasteiger partial charge in [0.15, 0.2) is 0 Å². The Morgan fingerprint density at radius 2 is 2.23 bits per heavy atom. The molecule has 0 aromatic carbocycles. The maximum atomic E-state index is 12.4. The summed E-state index contributed by atoms with van der Waals surface area (Å²) < 4.78 is 0. The van der Waals surface area contributed by atoms with E-state index in [4.69, 9.17) is 0 Å². The summed E-state index contributed by atoms with van der Waals surface area (Å²) in [6.07, 6.45) is 3.44. The van der Waals surface area contributed by atoms with Crippen molar-refractivity contribution in [3.05, 3.63) is 23.9 Å². The lowest BCUT2D eigenvalue weighted by Gasteiger charge is -2.20. The van der Waals surface area contributed by atoms with Crippen LogP contribution in [-0.4, -0.2) is 39.8 Å². The minimum absolute atomic E-state index is 0.176. The number of pyridine rings is 1. The Labute approximate surface area is 128 Å². The van der Waals surface area contributed by atoms with Crippen LogP contribution in [0.2, 0.25) is 0 Å². The fourth-order valence-corrected chi connectivity index (χ4v) is 2.73. The number of amides is 4. The van der Waals surface area contributed by atoms with Crippen LogP contribution in [0.5, 0.6) is 0 Å². The number of urea groups is 1. The summed E-state index contributed by atoms with van der Waals surface area (Å²) in [5.74, 6) is -0.188. The number of aryl methyl sites for hydroxylation is 1. The molecule has 1 unspecified atom stereocenters. The lowest BCUT2D eigenvalue weighted by atomic mass is 9.96. The zero-order chi connectivity index (χ0) is 15.9. The Bertz CT molecular complexity index is 656. The second kappa shape index (κ2) is 5.08. The van der Waals surface area contributed by atoms with E-state index < -0.39 is 17.5 Å². The van der Waals surface area contributed by atoms with Crippen LogP contribution in [0.25, 0.3) is 0 Å². The van der Waals surface area contributed by atoms with E-state index in [0.29, 0.717) is 5.82 Å². The Morgan fingerprint density at radius 1 is 1.50 bits per heavy atom. The van der Waals surface area contributed by atoms with Gasteiger partial charge in [-0.3, -0.25) is 14.5 Å². The summed E-state index contributed by atoms with van der Waals surface area (Å²) in [5.41, 5.74) is 0.0977. The predicted molar refractivity (Wildman–Crippen MR) is 79.0 cm³/mol. The van der Waals surface area contributed by atoms with Crippen molar-refractivity contribution in [1.82, 2.24) is 15.2 Å². The number of imide groups is 1. The summed E-state index contributed by atoms with van der Waals surface area (Å²) in [5, 5.41) is 5.31. The van der Waals surface area contributed by atoms with E-state index in [0.717, 1.165) is 23.3 Å². The quantitative estimate of drug-likeness (QED) is 0.813. The first kappa shape index (κ1) is 14.5. The first-order chi connectivity index (χ1) is 10.4. The van der Waals surface area contributed by atoms with Gasteiger partial charge in [0.05, 0.1) is 0 Å². The third-order valence-electron chi connectivity index (χ3n) is 4.18. The SMILES string of the molecule is Cc1ccnc(NC(=O)CN2C(=O)NC(C)(C3CC3)C2=O)c1. The van der Waals surface area contributed by atoms with Crippen LogP contribution in [0.1, 0.15) is 25.3 Å². The van der Waals surface area contributed by atoms with Crippen molar-refractivity contribution in [1.29, 1.82) is 0 Å². The van der Waals surface area contributed by atoms with Crippen molar-refractivity contribution < 1.29 is 14.4 Å². The lowest BCUT2D eigenvalue weighted by molar-refractivity contribution is -0.134. The molecule has 116 valence electrons. The molecule has 7 nitrogen and oxygen atoms in total. The summed E-state index contributed by atoms with van der Waals surface area (Å²) in [6, 6.07) is 3.03. The number of rotatable bonds is 4. The first-order valence-corrected chi connectivity index (χ1v) is 7.27. The van der Waals surface area contributed by atoms with Crippen LogP contribution in [0.4, 0.5) is 10.6 Å². The fourth-order valence-electron chi connectivity index (χ4n) is 2.73. The van der Waals surface area contributed by atoms with E-state index in [1.54, 1.807) is 19.2 Å². The molecule has 1 aliphatic carbocycles. The smallest absolute Gasteiger partial charge is 0.323 e. The van der Waals surface area contributed by atoms with Crippen LogP contribution >= 0.6 is 0 Å². The molecule has 1 saturated carbocycles. The minimum atomic E-state index is -0.862. The summed E-state index contributed by atoms with van der Waals surface area (Å²) in [7, 11) is 0. The highest BCUT2D eigenvalue weighted by Gasteiger charge is 2.56. The molecule has 1 aromatic heterocycles. The van der Waals surface area contributed by atoms with Crippen LogP contribution in [0.15, 0.2) is 18.3 Å². The number of carbonyl (C=O) groups excluding carboxylic acids is 3. The van der Waals surface area contributed by atoms with Crippen molar-refractivity contribution >= 4 is 23.7 Å². The van der Waals surface area contributed by atoms with Gasteiger partial charge in [-0.15, -0.1) is 0 Å². The molecule has 1 aliphatic heterocycles. The van der Waals surface area contributed by atoms with Gasteiger partial charge in [-0.25, -0.2) is 9.78 Å². The lowest BCUT2D eigenvalue weighted by Crippen LogP contribution is -2.46. The Morgan fingerprint density at radius 3 is 2.86 bits per heavy atom. The van der Waals surface area contributed by atoms with Gasteiger partial charge in [0.2, 0.25) is 5.91 Å². The normalized spacial score (nSPS) is 24.4. The molecule has 22 heavy (non-hydrogen) atoms. The molecule has 2 fully saturated rings. The molecule has 4 amide bonds. The highest BCUT2D eigenvalue weighted by atomic mass is 16.2. The third kappa shape index (κ3) is 2.54. The molecule has 3 rings (SSSR count). The van der Waals surface area contributed by atoms with E-state index in [9.17, 15) is 14.4 Å². The average molecular weight is 302 g/mol. The highest BCUT2D eigenvalue weighted by molar-refractivity contribution is 6.10. The number of anilines is 1. The Kier molecular flexibility index (Phi) is 3.35. The predicted octanol–water partition coefficient (Wildman–Crippen LogP) is 1.05. The van der Waals surface area contributed by atoms with E-state index >= 15 is 0 Å². The number of nitrogens with zero attached hydrogens (tertiary/aromatic N) is 2. The number of hydrogen-bond donors (Lipinski definition) is 2. The molecule has 0 radical (unpaired) electrons. The number of aromatic nitrogens is 1. The monoisotopic (exact) mass is 302 g/mol.